The SMILES string of the molecule is COc1cc(Cl)ccc1C(=O)Nc1nc2c(s1)C[C@@H](N)CC2. The van der Waals surface area contributed by atoms with Crippen LogP contribution in [0.1, 0.15) is 27.3 Å². The molecule has 3 N–H and O–H groups in total. The molecule has 3 rings (SSSR count). The lowest BCUT2D eigenvalue weighted by Crippen LogP contribution is -2.27. The van der Waals surface area contributed by atoms with E-state index in [9.17, 15) is 4.79 Å². The van der Waals surface area contributed by atoms with E-state index in [0.29, 0.717) is 21.5 Å². The Kier molecular flexibility index (Phi) is 4.33. The van der Waals surface area contributed by atoms with Crippen LogP contribution in [0.3, 0.4) is 0 Å². The zero-order chi connectivity index (χ0) is 15.7. The van der Waals surface area contributed by atoms with Gasteiger partial charge in [-0.3, -0.25) is 10.1 Å². The number of carbonyl (C=O) groups excluding carboxylic acids is 1. The van der Waals surface area contributed by atoms with Gasteiger partial charge in [0.05, 0.1) is 18.4 Å². The van der Waals surface area contributed by atoms with Crippen LogP contribution in [0.25, 0.3) is 0 Å². The van der Waals surface area contributed by atoms with E-state index in [2.05, 4.69) is 10.3 Å². The van der Waals surface area contributed by atoms with Crippen LogP contribution in [0.4, 0.5) is 5.13 Å². The zero-order valence-corrected chi connectivity index (χ0v) is 13.6. The Hall–Kier alpha value is -1.63. The van der Waals surface area contributed by atoms with Crippen molar-refractivity contribution < 1.29 is 9.53 Å². The summed E-state index contributed by atoms with van der Waals surface area (Å²) in [5.74, 6) is 0.178. The standard InChI is InChI=1S/C15H16ClN3O2S/c1-21-12-6-8(16)2-4-10(12)14(20)19-15-18-11-5-3-9(17)7-13(11)22-15/h2,4,6,9H,3,5,7,17H2,1H3,(H,18,19,20)/t9-/m0/s1. The number of rotatable bonds is 3. The Morgan fingerprint density at radius 2 is 2.36 bits per heavy atom. The molecule has 116 valence electrons. The van der Waals surface area contributed by atoms with Crippen molar-refractivity contribution >= 4 is 34.0 Å². The second-order valence-corrected chi connectivity index (χ2v) is 6.71. The van der Waals surface area contributed by atoms with Gasteiger partial charge in [-0.1, -0.05) is 11.6 Å². The quantitative estimate of drug-likeness (QED) is 0.902. The van der Waals surface area contributed by atoms with Crippen molar-refractivity contribution in [3.63, 3.8) is 0 Å². The number of ether oxygens (including phenoxy) is 1. The first-order chi connectivity index (χ1) is 10.6. The third-order valence-electron chi connectivity index (χ3n) is 3.61. The van der Waals surface area contributed by atoms with E-state index in [1.54, 1.807) is 18.2 Å². The number of aromatic nitrogens is 1. The molecule has 7 heteroatoms. The predicted molar refractivity (Wildman–Crippen MR) is 88.1 cm³/mol. The molecule has 1 aromatic heterocycles. The summed E-state index contributed by atoms with van der Waals surface area (Å²) in [6, 6.07) is 5.10. The molecule has 22 heavy (non-hydrogen) atoms. The van der Waals surface area contributed by atoms with Crippen molar-refractivity contribution in [3.8, 4) is 5.75 Å². The minimum atomic E-state index is -0.260. The molecule has 1 amide bonds. The Labute approximate surface area is 137 Å². The van der Waals surface area contributed by atoms with E-state index in [0.717, 1.165) is 29.8 Å². The number of methoxy groups -OCH3 is 1. The van der Waals surface area contributed by atoms with Crippen LogP contribution in [-0.2, 0) is 12.8 Å². The summed E-state index contributed by atoms with van der Waals surface area (Å²) in [5, 5.41) is 3.95. The average molecular weight is 338 g/mol. The first-order valence-corrected chi connectivity index (χ1v) is 8.15. The van der Waals surface area contributed by atoms with Gasteiger partial charge in [-0.15, -0.1) is 11.3 Å². The second kappa shape index (κ2) is 6.24. The van der Waals surface area contributed by atoms with Gasteiger partial charge < -0.3 is 10.5 Å². The number of amides is 1. The van der Waals surface area contributed by atoms with Crippen molar-refractivity contribution in [2.45, 2.75) is 25.3 Å². The lowest BCUT2D eigenvalue weighted by Gasteiger charge is -2.15. The summed E-state index contributed by atoms with van der Waals surface area (Å²) in [4.78, 5) is 18.0. The maximum atomic E-state index is 12.4. The van der Waals surface area contributed by atoms with Crippen molar-refractivity contribution in [1.29, 1.82) is 0 Å². The van der Waals surface area contributed by atoms with Gasteiger partial charge in [0.2, 0.25) is 0 Å². The van der Waals surface area contributed by atoms with E-state index < -0.39 is 0 Å². The number of benzene rings is 1. The van der Waals surface area contributed by atoms with Crippen molar-refractivity contribution in [2.75, 3.05) is 12.4 Å². The van der Waals surface area contributed by atoms with Crippen LogP contribution in [0.5, 0.6) is 5.75 Å². The fraction of sp³-hybridized carbons (Fsp3) is 0.333. The molecule has 1 aliphatic rings. The highest BCUT2D eigenvalue weighted by Crippen LogP contribution is 2.30. The van der Waals surface area contributed by atoms with Gasteiger partial charge in [-0.2, -0.15) is 0 Å². The molecule has 1 aromatic carbocycles. The van der Waals surface area contributed by atoms with Gasteiger partial charge in [-0.25, -0.2) is 4.98 Å². The first kappa shape index (κ1) is 15.3. The van der Waals surface area contributed by atoms with Gasteiger partial charge in [0.25, 0.3) is 5.91 Å². The lowest BCUT2D eigenvalue weighted by molar-refractivity contribution is 0.102. The average Bonchev–Trinajstić information content (AvgIpc) is 2.88. The molecule has 0 unspecified atom stereocenters. The number of hydrogen-bond acceptors (Lipinski definition) is 5. The number of anilines is 1. The smallest absolute Gasteiger partial charge is 0.261 e. The molecule has 1 atom stereocenters. The minimum absolute atomic E-state index is 0.188. The molecule has 0 saturated carbocycles. The summed E-state index contributed by atoms with van der Waals surface area (Å²) in [5.41, 5.74) is 7.44. The third-order valence-corrected chi connectivity index (χ3v) is 4.88. The van der Waals surface area contributed by atoms with E-state index in [1.807, 2.05) is 0 Å². The number of carbonyl (C=O) groups is 1. The van der Waals surface area contributed by atoms with E-state index in [-0.39, 0.29) is 11.9 Å². The third kappa shape index (κ3) is 3.09. The normalized spacial score (nSPS) is 17.0. The molecule has 1 heterocycles. The van der Waals surface area contributed by atoms with E-state index >= 15 is 0 Å². The Bertz CT molecular complexity index is 717. The molecule has 1 aliphatic carbocycles. The van der Waals surface area contributed by atoms with Gasteiger partial charge in [-0.05, 0) is 37.5 Å². The fourth-order valence-electron chi connectivity index (χ4n) is 2.47. The van der Waals surface area contributed by atoms with Crippen molar-refractivity contribution in [2.24, 2.45) is 5.73 Å². The van der Waals surface area contributed by atoms with Crippen LogP contribution < -0.4 is 15.8 Å². The largest absolute Gasteiger partial charge is 0.496 e. The topological polar surface area (TPSA) is 77.2 Å². The van der Waals surface area contributed by atoms with Crippen LogP contribution in [0, 0.1) is 0 Å². The van der Waals surface area contributed by atoms with Gasteiger partial charge in [0.1, 0.15) is 5.75 Å². The number of hydrogen-bond donors (Lipinski definition) is 2. The first-order valence-electron chi connectivity index (χ1n) is 6.96. The van der Waals surface area contributed by atoms with Gasteiger partial charge >= 0.3 is 0 Å². The molecule has 0 radical (unpaired) electrons. The number of nitrogens with zero attached hydrogens (tertiary/aromatic N) is 1. The van der Waals surface area contributed by atoms with Crippen LogP contribution in [0.2, 0.25) is 5.02 Å². The number of fused-ring (bicyclic) bond motifs is 1. The van der Waals surface area contributed by atoms with Crippen LogP contribution in [-0.4, -0.2) is 24.0 Å². The molecule has 0 fully saturated rings. The van der Waals surface area contributed by atoms with E-state index in [4.69, 9.17) is 22.1 Å². The highest BCUT2D eigenvalue weighted by Gasteiger charge is 2.21. The lowest BCUT2D eigenvalue weighted by atomic mass is 9.99. The zero-order valence-electron chi connectivity index (χ0n) is 12.1. The minimum Gasteiger partial charge on any atom is -0.496 e. The van der Waals surface area contributed by atoms with Crippen LogP contribution >= 0.6 is 22.9 Å². The fourth-order valence-corrected chi connectivity index (χ4v) is 3.73. The number of halogens is 1. The summed E-state index contributed by atoms with van der Waals surface area (Å²) in [7, 11) is 1.51. The maximum absolute atomic E-state index is 12.4. The van der Waals surface area contributed by atoms with E-state index in [1.165, 1.54) is 18.4 Å². The Balaban J connectivity index is 1.80. The van der Waals surface area contributed by atoms with Crippen molar-refractivity contribution in [3.05, 3.63) is 39.4 Å². The summed E-state index contributed by atoms with van der Waals surface area (Å²) in [6.45, 7) is 0. The summed E-state index contributed by atoms with van der Waals surface area (Å²) < 4.78 is 5.20. The summed E-state index contributed by atoms with van der Waals surface area (Å²) in [6.07, 6.45) is 2.63. The van der Waals surface area contributed by atoms with Gasteiger partial charge in [0.15, 0.2) is 5.13 Å². The molecule has 0 bridgehead atoms. The molecule has 2 aromatic rings. The number of thiazole rings is 1. The maximum Gasteiger partial charge on any atom is 0.261 e. The Morgan fingerprint density at radius 3 is 3.14 bits per heavy atom. The number of nitrogens with two attached hydrogens (primary N) is 1. The van der Waals surface area contributed by atoms with Crippen molar-refractivity contribution in [1.82, 2.24) is 4.98 Å². The molecule has 0 aliphatic heterocycles. The molecule has 0 spiro atoms. The number of nitrogens with one attached hydrogen (secondary N) is 1. The number of aryl methyl sites for hydroxylation is 1. The molecule has 5 nitrogen and oxygen atoms in total. The van der Waals surface area contributed by atoms with Gasteiger partial charge in [0, 0.05) is 15.9 Å². The summed E-state index contributed by atoms with van der Waals surface area (Å²) >= 11 is 7.40. The molecular weight excluding hydrogens is 322 g/mol. The molecule has 0 saturated heterocycles. The highest BCUT2D eigenvalue weighted by molar-refractivity contribution is 7.15. The predicted octanol–water partition coefficient (Wildman–Crippen LogP) is 2.87. The second-order valence-electron chi connectivity index (χ2n) is 5.19. The Morgan fingerprint density at radius 1 is 1.55 bits per heavy atom. The monoisotopic (exact) mass is 337 g/mol. The highest BCUT2D eigenvalue weighted by atomic mass is 35.5. The molecular formula is C15H16ClN3O2S. The van der Waals surface area contributed by atoms with Crippen LogP contribution in [0.15, 0.2) is 18.2 Å².